The van der Waals surface area contributed by atoms with Gasteiger partial charge in [-0.2, -0.15) is 0 Å². The smallest absolute Gasteiger partial charge is 0.335 e. The zero-order valence-electron chi connectivity index (χ0n) is 11.8. The van der Waals surface area contributed by atoms with Gasteiger partial charge in [0.15, 0.2) is 0 Å². The number of ether oxygens (including phenoxy) is 1. The molecule has 1 heterocycles. The minimum absolute atomic E-state index is 0.228. The molecule has 0 aliphatic heterocycles. The van der Waals surface area contributed by atoms with Crippen molar-refractivity contribution in [2.45, 2.75) is 13.0 Å². The number of carboxylic acids is 1. The Morgan fingerprint density at radius 3 is 2.52 bits per heavy atom. The van der Waals surface area contributed by atoms with Crippen molar-refractivity contribution >= 4 is 5.97 Å². The zero-order chi connectivity index (χ0) is 15.1. The van der Waals surface area contributed by atoms with Crippen molar-refractivity contribution < 1.29 is 14.6 Å². The first-order chi connectivity index (χ1) is 10.2. The number of nitrogens with zero attached hydrogens (tertiary/aromatic N) is 1. The quantitative estimate of drug-likeness (QED) is 0.765. The third-order valence-corrected chi connectivity index (χ3v) is 3.13. The van der Waals surface area contributed by atoms with Crippen LogP contribution >= 0.6 is 0 Å². The van der Waals surface area contributed by atoms with Crippen molar-refractivity contribution in [3.63, 3.8) is 0 Å². The zero-order valence-corrected chi connectivity index (χ0v) is 11.8. The number of rotatable bonds is 7. The molecule has 1 unspecified atom stereocenters. The molecule has 0 aliphatic carbocycles. The van der Waals surface area contributed by atoms with Gasteiger partial charge in [0, 0.05) is 25.0 Å². The molecule has 2 rings (SSSR count). The van der Waals surface area contributed by atoms with Gasteiger partial charge in [-0.3, -0.25) is 4.98 Å². The lowest BCUT2D eigenvalue weighted by Crippen LogP contribution is -2.24. The van der Waals surface area contributed by atoms with E-state index in [-0.39, 0.29) is 11.6 Å². The highest BCUT2D eigenvalue weighted by molar-refractivity contribution is 5.87. The van der Waals surface area contributed by atoms with Crippen LogP contribution < -0.4 is 10.1 Å². The van der Waals surface area contributed by atoms with E-state index in [1.807, 2.05) is 12.1 Å². The minimum Gasteiger partial charge on any atom is -0.492 e. The Kier molecular flexibility index (Phi) is 5.29. The van der Waals surface area contributed by atoms with Crippen LogP contribution in [0, 0.1) is 0 Å². The van der Waals surface area contributed by atoms with Crippen molar-refractivity contribution in [1.29, 1.82) is 0 Å². The molecule has 0 saturated heterocycles. The molecule has 0 amide bonds. The molecule has 0 spiro atoms. The first-order valence-electron chi connectivity index (χ1n) is 6.76. The van der Waals surface area contributed by atoms with E-state index < -0.39 is 5.97 Å². The summed E-state index contributed by atoms with van der Waals surface area (Å²) in [7, 11) is 0. The molecule has 1 atom stereocenters. The highest BCUT2D eigenvalue weighted by Gasteiger charge is 2.04. The lowest BCUT2D eigenvalue weighted by molar-refractivity contribution is 0.0697. The van der Waals surface area contributed by atoms with Crippen molar-refractivity contribution in [2.75, 3.05) is 13.2 Å². The second-order valence-electron chi connectivity index (χ2n) is 4.63. The van der Waals surface area contributed by atoms with E-state index in [4.69, 9.17) is 9.84 Å². The normalized spacial score (nSPS) is 11.9. The second-order valence-corrected chi connectivity index (χ2v) is 4.63. The third-order valence-electron chi connectivity index (χ3n) is 3.13. The molecule has 1 aromatic heterocycles. The van der Waals surface area contributed by atoms with Crippen LogP contribution in [0.2, 0.25) is 0 Å². The number of nitrogens with one attached hydrogen (secondary N) is 1. The predicted octanol–water partition coefficient (Wildman–Crippen LogP) is 2.51. The molecule has 1 aromatic carbocycles. The molecule has 0 bridgehead atoms. The van der Waals surface area contributed by atoms with E-state index in [2.05, 4.69) is 17.2 Å². The molecule has 2 N–H and O–H groups in total. The SMILES string of the molecule is CC(NCCOc1ccc(C(=O)O)cc1)c1ccncc1. The number of aromatic carboxylic acids is 1. The van der Waals surface area contributed by atoms with Crippen LogP contribution in [0.1, 0.15) is 28.9 Å². The maximum Gasteiger partial charge on any atom is 0.335 e. The van der Waals surface area contributed by atoms with Gasteiger partial charge in [-0.15, -0.1) is 0 Å². The van der Waals surface area contributed by atoms with Gasteiger partial charge < -0.3 is 15.2 Å². The van der Waals surface area contributed by atoms with Gasteiger partial charge in [0.2, 0.25) is 0 Å². The number of carbonyl (C=O) groups is 1. The van der Waals surface area contributed by atoms with Gasteiger partial charge >= 0.3 is 5.97 Å². The van der Waals surface area contributed by atoms with Crippen molar-refractivity contribution in [3.8, 4) is 5.75 Å². The summed E-state index contributed by atoms with van der Waals surface area (Å²) in [6, 6.07) is 10.6. The summed E-state index contributed by atoms with van der Waals surface area (Å²) in [6.07, 6.45) is 3.54. The summed E-state index contributed by atoms with van der Waals surface area (Å²) >= 11 is 0. The second kappa shape index (κ2) is 7.40. The maximum absolute atomic E-state index is 10.7. The third kappa shape index (κ3) is 4.57. The fraction of sp³-hybridized carbons (Fsp3) is 0.250. The number of aromatic nitrogens is 1. The van der Waals surface area contributed by atoms with E-state index in [0.29, 0.717) is 18.9 Å². The molecule has 0 saturated carbocycles. The highest BCUT2D eigenvalue weighted by Crippen LogP contribution is 2.12. The number of pyridine rings is 1. The fourth-order valence-electron chi connectivity index (χ4n) is 1.91. The topological polar surface area (TPSA) is 71.5 Å². The number of hydrogen-bond donors (Lipinski definition) is 2. The molecule has 5 nitrogen and oxygen atoms in total. The number of carboxylic acid groups (broad SMARTS) is 1. The van der Waals surface area contributed by atoms with Crippen molar-refractivity contribution in [1.82, 2.24) is 10.3 Å². The minimum atomic E-state index is -0.936. The van der Waals surface area contributed by atoms with Crippen LogP contribution in [-0.2, 0) is 0 Å². The average Bonchev–Trinajstić information content (AvgIpc) is 2.52. The van der Waals surface area contributed by atoms with Gasteiger partial charge in [0.25, 0.3) is 0 Å². The van der Waals surface area contributed by atoms with Crippen molar-refractivity contribution in [3.05, 3.63) is 59.9 Å². The van der Waals surface area contributed by atoms with Crippen LogP contribution in [0.25, 0.3) is 0 Å². The fourth-order valence-corrected chi connectivity index (χ4v) is 1.91. The average molecular weight is 286 g/mol. The van der Waals surface area contributed by atoms with Crippen molar-refractivity contribution in [2.24, 2.45) is 0 Å². The first-order valence-corrected chi connectivity index (χ1v) is 6.76. The van der Waals surface area contributed by atoms with Crippen LogP contribution in [0.3, 0.4) is 0 Å². The molecule has 0 aliphatic rings. The van der Waals surface area contributed by atoms with Crippen LogP contribution in [-0.4, -0.2) is 29.2 Å². The number of benzene rings is 1. The molecule has 5 heteroatoms. The Hall–Kier alpha value is -2.40. The Labute approximate surface area is 123 Å². The number of hydrogen-bond acceptors (Lipinski definition) is 4. The molecule has 110 valence electrons. The standard InChI is InChI=1S/C16H18N2O3/c1-12(13-6-8-17-9-7-13)18-10-11-21-15-4-2-14(3-5-15)16(19)20/h2-9,12,18H,10-11H2,1H3,(H,19,20). The van der Waals surface area contributed by atoms with Gasteiger partial charge in [0.1, 0.15) is 12.4 Å². The maximum atomic E-state index is 10.7. The monoisotopic (exact) mass is 286 g/mol. The molecule has 0 fully saturated rings. The first kappa shape index (κ1) is 15.0. The van der Waals surface area contributed by atoms with E-state index in [0.717, 1.165) is 0 Å². The summed E-state index contributed by atoms with van der Waals surface area (Å²) < 4.78 is 5.56. The predicted molar refractivity (Wildman–Crippen MR) is 79.6 cm³/mol. The molecule has 21 heavy (non-hydrogen) atoms. The van der Waals surface area contributed by atoms with E-state index in [1.54, 1.807) is 24.5 Å². The molecular weight excluding hydrogens is 268 g/mol. The highest BCUT2D eigenvalue weighted by atomic mass is 16.5. The van der Waals surface area contributed by atoms with Gasteiger partial charge in [-0.1, -0.05) is 0 Å². The molecule has 2 aromatic rings. The van der Waals surface area contributed by atoms with E-state index >= 15 is 0 Å². The largest absolute Gasteiger partial charge is 0.492 e. The summed E-state index contributed by atoms with van der Waals surface area (Å²) in [5.41, 5.74) is 1.43. The Morgan fingerprint density at radius 2 is 1.90 bits per heavy atom. The Bertz CT molecular complexity index is 570. The summed E-state index contributed by atoms with van der Waals surface area (Å²) in [6.45, 7) is 3.29. The Balaban J connectivity index is 1.73. The van der Waals surface area contributed by atoms with Crippen LogP contribution in [0.5, 0.6) is 5.75 Å². The van der Waals surface area contributed by atoms with E-state index in [1.165, 1.54) is 17.7 Å². The summed E-state index contributed by atoms with van der Waals surface area (Å²) in [4.78, 5) is 14.7. The van der Waals surface area contributed by atoms with Crippen LogP contribution in [0.4, 0.5) is 0 Å². The van der Waals surface area contributed by atoms with E-state index in [9.17, 15) is 4.79 Å². The lowest BCUT2D eigenvalue weighted by atomic mass is 10.1. The molecule has 0 radical (unpaired) electrons. The molecular formula is C16H18N2O3. The van der Waals surface area contributed by atoms with Gasteiger partial charge in [0.05, 0.1) is 5.56 Å². The van der Waals surface area contributed by atoms with Gasteiger partial charge in [-0.05, 0) is 48.9 Å². The lowest BCUT2D eigenvalue weighted by Gasteiger charge is -2.14. The Morgan fingerprint density at radius 1 is 1.24 bits per heavy atom. The van der Waals surface area contributed by atoms with Gasteiger partial charge in [-0.25, -0.2) is 4.79 Å². The van der Waals surface area contributed by atoms with Crippen LogP contribution in [0.15, 0.2) is 48.8 Å². The summed E-state index contributed by atoms with van der Waals surface area (Å²) in [5.74, 6) is -0.271. The summed E-state index contributed by atoms with van der Waals surface area (Å²) in [5, 5.41) is 12.2.